The van der Waals surface area contributed by atoms with Crippen molar-refractivity contribution in [3.63, 3.8) is 0 Å². The maximum atomic E-state index is 3.19. The molecule has 1 aliphatic carbocycles. The molecule has 0 aromatic rings. The Balaban J connectivity index is 2.83. The molecule has 7 heavy (non-hydrogen) atoms. The Morgan fingerprint density at radius 1 is 1.29 bits per heavy atom. The molecule has 0 aromatic carbocycles. The second-order valence-corrected chi connectivity index (χ2v) is 2.21. The van der Waals surface area contributed by atoms with E-state index in [-0.39, 0.29) is 0 Å². The van der Waals surface area contributed by atoms with Gasteiger partial charge in [0.25, 0.3) is 0 Å². The summed E-state index contributed by atoms with van der Waals surface area (Å²) < 4.78 is 0. The molecule has 0 saturated carbocycles. The van der Waals surface area contributed by atoms with Crippen molar-refractivity contribution in [1.82, 2.24) is 0 Å². The highest BCUT2D eigenvalue weighted by molar-refractivity contribution is 5.26. The predicted octanol–water partition coefficient (Wildman–Crippen LogP) is 2.13. The van der Waals surface area contributed by atoms with Gasteiger partial charge in [-0.1, -0.05) is 6.92 Å². The summed E-state index contributed by atoms with van der Waals surface area (Å²) >= 11 is 0. The van der Waals surface area contributed by atoms with Gasteiger partial charge in [-0.3, -0.25) is 0 Å². The molecule has 0 aromatic heterocycles. The SMILES string of the molecule is CC1=C=C(C)C1C. The molecule has 0 amide bonds. The fourth-order valence-corrected chi connectivity index (χ4v) is 0.775. The summed E-state index contributed by atoms with van der Waals surface area (Å²) in [7, 11) is 0. The molecule has 0 fully saturated rings. The van der Waals surface area contributed by atoms with Crippen LogP contribution in [0.3, 0.4) is 0 Å². The third-order valence-electron chi connectivity index (χ3n) is 1.69. The van der Waals surface area contributed by atoms with E-state index in [1.807, 2.05) is 0 Å². The molecule has 0 N–H and O–H groups in total. The van der Waals surface area contributed by atoms with Crippen molar-refractivity contribution >= 4 is 0 Å². The summed E-state index contributed by atoms with van der Waals surface area (Å²) in [6.07, 6.45) is 0. The van der Waals surface area contributed by atoms with Crippen LogP contribution in [0.1, 0.15) is 20.8 Å². The summed E-state index contributed by atoms with van der Waals surface area (Å²) in [6.45, 7) is 6.45. The molecule has 1 rings (SSSR count). The molecule has 0 radical (unpaired) electrons. The van der Waals surface area contributed by atoms with Crippen LogP contribution >= 0.6 is 0 Å². The second kappa shape index (κ2) is 1.24. The van der Waals surface area contributed by atoms with E-state index in [9.17, 15) is 0 Å². The van der Waals surface area contributed by atoms with Gasteiger partial charge in [0, 0.05) is 5.92 Å². The van der Waals surface area contributed by atoms with Gasteiger partial charge in [0.2, 0.25) is 0 Å². The third-order valence-corrected chi connectivity index (χ3v) is 1.69. The first-order valence-corrected chi connectivity index (χ1v) is 2.65. The van der Waals surface area contributed by atoms with Gasteiger partial charge in [0.1, 0.15) is 0 Å². The van der Waals surface area contributed by atoms with Gasteiger partial charge in [-0.2, -0.15) is 0 Å². The maximum absolute atomic E-state index is 3.19. The summed E-state index contributed by atoms with van der Waals surface area (Å²) in [5.41, 5.74) is 5.99. The van der Waals surface area contributed by atoms with E-state index in [1.165, 1.54) is 11.1 Å². The first-order chi connectivity index (χ1) is 3.22. The molecule has 0 unspecified atom stereocenters. The van der Waals surface area contributed by atoms with Gasteiger partial charge in [-0.05, 0) is 25.0 Å². The molecule has 38 valence electrons. The Labute approximate surface area is 44.5 Å². The molecule has 0 heteroatoms. The van der Waals surface area contributed by atoms with Crippen molar-refractivity contribution in [2.75, 3.05) is 0 Å². The van der Waals surface area contributed by atoms with E-state index in [0.717, 1.165) is 5.92 Å². The van der Waals surface area contributed by atoms with E-state index in [4.69, 9.17) is 0 Å². The van der Waals surface area contributed by atoms with Crippen LogP contribution in [0.4, 0.5) is 0 Å². The predicted molar refractivity (Wildman–Crippen MR) is 31.1 cm³/mol. The zero-order valence-electron chi connectivity index (χ0n) is 5.08. The normalized spacial score (nSPS) is 20.4. The average Bonchev–Trinajstić information content (AvgIpc) is 1.68. The number of allylic oxidation sites excluding steroid dienone is 1. The molecule has 0 bridgehead atoms. The Morgan fingerprint density at radius 2 is 1.71 bits per heavy atom. The van der Waals surface area contributed by atoms with Crippen LogP contribution in [-0.4, -0.2) is 0 Å². The molecule has 0 spiro atoms. The highest BCUT2D eigenvalue weighted by Crippen LogP contribution is 2.25. The molecule has 0 atom stereocenters. The highest BCUT2D eigenvalue weighted by Gasteiger charge is 2.11. The van der Waals surface area contributed by atoms with E-state index in [0.29, 0.717) is 0 Å². The maximum Gasteiger partial charge on any atom is 0.0125 e. The van der Waals surface area contributed by atoms with Crippen LogP contribution in [0.25, 0.3) is 0 Å². The largest absolute Gasteiger partial charge is 0.122 e. The van der Waals surface area contributed by atoms with E-state index < -0.39 is 0 Å². The highest BCUT2D eigenvalue weighted by atomic mass is 14.1. The zero-order valence-corrected chi connectivity index (χ0v) is 5.08. The first-order valence-electron chi connectivity index (χ1n) is 2.65. The van der Waals surface area contributed by atoms with Crippen LogP contribution in [0.5, 0.6) is 0 Å². The zero-order chi connectivity index (χ0) is 5.44. The topological polar surface area (TPSA) is 0 Å². The van der Waals surface area contributed by atoms with Crippen molar-refractivity contribution in [3.8, 4) is 0 Å². The number of hydrogen-bond donors (Lipinski definition) is 0. The van der Waals surface area contributed by atoms with Gasteiger partial charge < -0.3 is 0 Å². The molecule has 0 aliphatic heterocycles. The number of rotatable bonds is 0. The summed E-state index contributed by atoms with van der Waals surface area (Å²) in [5, 5.41) is 0. The van der Waals surface area contributed by atoms with Crippen molar-refractivity contribution in [2.24, 2.45) is 5.92 Å². The van der Waals surface area contributed by atoms with E-state index in [1.54, 1.807) is 0 Å². The fourth-order valence-electron chi connectivity index (χ4n) is 0.775. The summed E-state index contributed by atoms with van der Waals surface area (Å²) in [6, 6.07) is 0. The monoisotopic (exact) mass is 94.1 g/mol. The minimum absolute atomic E-state index is 0.722. The van der Waals surface area contributed by atoms with Gasteiger partial charge >= 0.3 is 0 Å². The minimum atomic E-state index is 0.722. The molecule has 0 saturated heterocycles. The quantitative estimate of drug-likeness (QED) is 0.403. The molecular formula is C7H10. The summed E-state index contributed by atoms with van der Waals surface area (Å²) in [5.74, 6) is 0.722. The van der Waals surface area contributed by atoms with Gasteiger partial charge in [-0.15, -0.1) is 5.73 Å². The van der Waals surface area contributed by atoms with Crippen molar-refractivity contribution in [3.05, 3.63) is 16.9 Å². The van der Waals surface area contributed by atoms with Crippen molar-refractivity contribution in [1.29, 1.82) is 0 Å². The minimum Gasteiger partial charge on any atom is -0.122 e. The first kappa shape index (κ1) is 4.67. The van der Waals surface area contributed by atoms with Crippen molar-refractivity contribution in [2.45, 2.75) is 20.8 Å². The second-order valence-electron chi connectivity index (χ2n) is 2.21. The van der Waals surface area contributed by atoms with Gasteiger partial charge in [-0.25, -0.2) is 0 Å². The van der Waals surface area contributed by atoms with Crippen LogP contribution in [-0.2, 0) is 0 Å². The smallest absolute Gasteiger partial charge is 0.0125 e. The molecule has 0 heterocycles. The lowest BCUT2D eigenvalue weighted by molar-refractivity contribution is 0.760. The van der Waals surface area contributed by atoms with Crippen LogP contribution < -0.4 is 0 Å². The average molecular weight is 94.2 g/mol. The summed E-state index contributed by atoms with van der Waals surface area (Å²) in [4.78, 5) is 0. The lowest BCUT2D eigenvalue weighted by Gasteiger charge is -2.16. The van der Waals surface area contributed by atoms with Crippen LogP contribution in [0.15, 0.2) is 16.9 Å². The van der Waals surface area contributed by atoms with Crippen LogP contribution in [0, 0.1) is 5.92 Å². The molecular weight excluding hydrogens is 84.1 g/mol. The van der Waals surface area contributed by atoms with Gasteiger partial charge in [0.15, 0.2) is 0 Å². The van der Waals surface area contributed by atoms with Crippen LogP contribution in [0.2, 0.25) is 0 Å². The fraction of sp³-hybridized carbons (Fsp3) is 0.571. The third kappa shape index (κ3) is 0.515. The standard InChI is InChI=1S/C7H10/c1-5-4-6(2)7(5)3/h7H,1-3H3. The Bertz CT molecular complexity index is 131. The van der Waals surface area contributed by atoms with E-state index in [2.05, 4.69) is 26.5 Å². The number of hydrogen-bond acceptors (Lipinski definition) is 0. The van der Waals surface area contributed by atoms with Crippen molar-refractivity contribution < 1.29 is 0 Å². The lowest BCUT2D eigenvalue weighted by atomic mass is 9.88. The Hall–Kier alpha value is -0.480. The molecule has 0 nitrogen and oxygen atoms in total. The lowest BCUT2D eigenvalue weighted by Crippen LogP contribution is -2.03. The van der Waals surface area contributed by atoms with Gasteiger partial charge in [0.05, 0.1) is 0 Å². The van der Waals surface area contributed by atoms with E-state index >= 15 is 0 Å². The Kier molecular flexibility index (Phi) is 0.831. The molecule has 1 aliphatic rings. The Morgan fingerprint density at radius 3 is 1.71 bits per heavy atom.